The van der Waals surface area contributed by atoms with Crippen molar-refractivity contribution in [1.29, 1.82) is 0 Å². The van der Waals surface area contributed by atoms with Crippen LogP contribution in [0.3, 0.4) is 0 Å². The molecule has 0 amide bonds. The second kappa shape index (κ2) is 6.00. The number of rotatable bonds is 5. The Balaban J connectivity index is 2.57. The summed E-state index contributed by atoms with van der Waals surface area (Å²) in [4.78, 5) is 0. The zero-order valence-corrected chi connectivity index (χ0v) is 12.6. The third-order valence-corrected chi connectivity index (χ3v) is 3.18. The van der Waals surface area contributed by atoms with Gasteiger partial charge in [-0.1, -0.05) is 13.8 Å². The maximum Gasteiger partial charge on any atom is 0.126 e. The molecule has 0 aliphatic rings. The first-order chi connectivity index (χ1) is 8.59. The van der Waals surface area contributed by atoms with Gasteiger partial charge in [0.15, 0.2) is 0 Å². The molecule has 0 atom stereocenters. The molecule has 0 aromatic heterocycles. The van der Waals surface area contributed by atoms with E-state index in [1.807, 2.05) is 0 Å². The second-order valence-electron chi connectivity index (χ2n) is 7.00. The van der Waals surface area contributed by atoms with Crippen LogP contribution in [0.2, 0.25) is 0 Å². The molecule has 0 bridgehead atoms. The van der Waals surface area contributed by atoms with Crippen molar-refractivity contribution in [3.05, 3.63) is 35.4 Å². The minimum Gasteiger partial charge on any atom is -0.312 e. The lowest BCUT2D eigenvalue weighted by atomic mass is 9.85. The Bertz CT molecular complexity index is 419. The van der Waals surface area contributed by atoms with E-state index in [2.05, 4.69) is 39.9 Å². The van der Waals surface area contributed by atoms with E-state index in [0.29, 0.717) is 12.0 Å². The topological polar surface area (TPSA) is 12.0 Å². The molecule has 3 heteroatoms. The summed E-state index contributed by atoms with van der Waals surface area (Å²) in [5.41, 5.74) is 0.580. The zero-order chi connectivity index (χ0) is 14.7. The highest BCUT2D eigenvalue weighted by molar-refractivity contribution is 5.19. The first-order valence-electron chi connectivity index (χ1n) is 6.78. The molecule has 0 unspecified atom stereocenters. The SMILES string of the molecule is CC(C)(CCc1cc(F)ccc1F)CNC(C)(C)C. The standard InChI is InChI=1S/C16H25F2N/c1-15(2,3)19-11-16(4,5)9-8-12-10-13(17)6-7-14(12)18/h6-7,10,19H,8-9,11H2,1-5H3. The molecule has 0 radical (unpaired) electrons. The maximum atomic E-state index is 13.5. The molecule has 0 saturated heterocycles. The molecule has 1 rings (SSSR count). The lowest BCUT2D eigenvalue weighted by molar-refractivity contribution is 0.272. The lowest BCUT2D eigenvalue weighted by Crippen LogP contribution is -2.42. The Morgan fingerprint density at radius 3 is 2.26 bits per heavy atom. The average molecular weight is 269 g/mol. The molecule has 0 aliphatic heterocycles. The first-order valence-corrected chi connectivity index (χ1v) is 6.78. The van der Waals surface area contributed by atoms with Crippen LogP contribution in [0.1, 0.15) is 46.6 Å². The van der Waals surface area contributed by atoms with Crippen molar-refractivity contribution in [2.45, 2.75) is 53.0 Å². The van der Waals surface area contributed by atoms with E-state index >= 15 is 0 Å². The quantitative estimate of drug-likeness (QED) is 0.839. The minimum absolute atomic E-state index is 0.0477. The molecule has 0 spiro atoms. The normalized spacial score (nSPS) is 12.8. The molecular formula is C16H25F2N. The summed E-state index contributed by atoms with van der Waals surface area (Å²) in [6, 6.07) is 3.65. The van der Waals surface area contributed by atoms with Gasteiger partial charge in [-0.25, -0.2) is 8.78 Å². The van der Waals surface area contributed by atoms with E-state index in [4.69, 9.17) is 0 Å². The van der Waals surface area contributed by atoms with E-state index in [9.17, 15) is 8.78 Å². The number of hydrogen-bond acceptors (Lipinski definition) is 1. The molecule has 1 aromatic carbocycles. The van der Waals surface area contributed by atoms with Gasteiger partial charge in [0.25, 0.3) is 0 Å². The molecule has 19 heavy (non-hydrogen) atoms. The van der Waals surface area contributed by atoms with Crippen LogP contribution < -0.4 is 5.32 Å². The highest BCUT2D eigenvalue weighted by Gasteiger charge is 2.21. The van der Waals surface area contributed by atoms with Gasteiger partial charge < -0.3 is 5.32 Å². The first kappa shape index (κ1) is 16.1. The minimum atomic E-state index is -0.373. The van der Waals surface area contributed by atoms with E-state index < -0.39 is 0 Å². The largest absolute Gasteiger partial charge is 0.312 e. The summed E-state index contributed by atoms with van der Waals surface area (Å²) in [7, 11) is 0. The number of nitrogens with one attached hydrogen (secondary N) is 1. The van der Waals surface area contributed by atoms with Crippen molar-refractivity contribution in [2.24, 2.45) is 5.41 Å². The van der Waals surface area contributed by atoms with Crippen LogP contribution in [-0.2, 0) is 6.42 Å². The van der Waals surface area contributed by atoms with E-state index in [0.717, 1.165) is 19.0 Å². The van der Waals surface area contributed by atoms with Crippen LogP contribution in [0.5, 0.6) is 0 Å². The van der Waals surface area contributed by atoms with Gasteiger partial charge >= 0.3 is 0 Å². The summed E-state index contributed by atoms with van der Waals surface area (Å²) in [6.07, 6.45) is 1.37. The molecule has 0 fully saturated rings. The van der Waals surface area contributed by atoms with Crippen LogP contribution in [0, 0.1) is 17.0 Å². The van der Waals surface area contributed by atoms with Crippen molar-refractivity contribution < 1.29 is 8.78 Å². The van der Waals surface area contributed by atoms with Gasteiger partial charge in [0.1, 0.15) is 11.6 Å². The molecule has 0 aliphatic carbocycles. The van der Waals surface area contributed by atoms with Gasteiger partial charge in [-0.05, 0) is 62.8 Å². The van der Waals surface area contributed by atoms with Crippen LogP contribution in [0.15, 0.2) is 18.2 Å². The smallest absolute Gasteiger partial charge is 0.126 e. The third kappa shape index (κ3) is 6.15. The van der Waals surface area contributed by atoms with Crippen molar-refractivity contribution in [3.63, 3.8) is 0 Å². The average Bonchev–Trinajstić information content (AvgIpc) is 2.27. The fourth-order valence-electron chi connectivity index (χ4n) is 1.80. The zero-order valence-electron chi connectivity index (χ0n) is 12.6. The Hall–Kier alpha value is -0.960. The number of aryl methyl sites for hydroxylation is 1. The predicted molar refractivity (Wildman–Crippen MR) is 76.2 cm³/mol. The van der Waals surface area contributed by atoms with Gasteiger partial charge in [0.05, 0.1) is 0 Å². The highest BCUT2D eigenvalue weighted by Crippen LogP contribution is 2.24. The molecule has 1 nitrogen and oxygen atoms in total. The predicted octanol–water partition coefficient (Wildman–Crippen LogP) is 4.31. The molecule has 0 heterocycles. The summed E-state index contributed by atoms with van der Waals surface area (Å²) in [6.45, 7) is 11.5. The van der Waals surface area contributed by atoms with Gasteiger partial charge in [-0.2, -0.15) is 0 Å². The Kier molecular flexibility index (Phi) is 5.08. The number of halogens is 2. The lowest BCUT2D eigenvalue weighted by Gasteiger charge is -2.30. The third-order valence-electron chi connectivity index (χ3n) is 3.18. The molecule has 1 N–H and O–H groups in total. The van der Waals surface area contributed by atoms with Crippen molar-refractivity contribution in [2.75, 3.05) is 6.54 Å². The number of benzene rings is 1. The van der Waals surface area contributed by atoms with Crippen LogP contribution >= 0.6 is 0 Å². The van der Waals surface area contributed by atoms with Crippen LogP contribution in [-0.4, -0.2) is 12.1 Å². The van der Waals surface area contributed by atoms with Crippen molar-refractivity contribution >= 4 is 0 Å². The van der Waals surface area contributed by atoms with E-state index in [1.54, 1.807) is 0 Å². The Morgan fingerprint density at radius 2 is 1.68 bits per heavy atom. The fraction of sp³-hybridized carbons (Fsp3) is 0.625. The van der Waals surface area contributed by atoms with Crippen LogP contribution in [0.4, 0.5) is 8.78 Å². The number of hydrogen-bond donors (Lipinski definition) is 1. The van der Waals surface area contributed by atoms with Crippen LogP contribution in [0.25, 0.3) is 0 Å². The van der Waals surface area contributed by atoms with Gasteiger partial charge in [-0.3, -0.25) is 0 Å². The van der Waals surface area contributed by atoms with Gasteiger partial charge in [0, 0.05) is 12.1 Å². The Morgan fingerprint density at radius 1 is 1.05 bits per heavy atom. The summed E-state index contributed by atoms with van der Waals surface area (Å²) in [5.74, 6) is -0.692. The summed E-state index contributed by atoms with van der Waals surface area (Å²) >= 11 is 0. The Labute approximate surface area is 115 Å². The molecular weight excluding hydrogens is 244 g/mol. The fourth-order valence-corrected chi connectivity index (χ4v) is 1.80. The van der Waals surface area contributed by atoms with Gasteiger partial charge in [-0.15, -0.1) is 0 Å². The van der Waals surface area contributed by atoms with E-state index in [1.165, 1.54) is 12.1 Å². The van der Waals surface area contributed by atoms with E-state index in [-0.39, 0.29) is 22.6 Å². The summed E-state index contributed by atoms with van der Waals surface area (Å²) in [5, 5.41) is 3.46. The second-order valence-corrected chi connectivity index (χ2v) is 7.00. The molecule has 108 valence electrons. The monoisotopic (exact) mass is 269 g/mol. The molecule has 0 saturated carbocycles. The highest BCUT2D eigenvalue weighted by atomic mass is 19.1. The van der Waals surface area contributed by atoms with Gasteiger partial charge in [0.2, 0.25) is 0 Å². The maximum absolute atomic E-state index is 13.5. The molecule has 1 aromatic rings. The summed E-state index contributed by atoms with van der Waals surface area (Å²) < 4.78 is 26.6. The van der Waals surface area contributed by atoms with Crippen molar-refractivity contribution in [3.8, 4) is 0 Å². The van der Waals surface area contributed by atoms with Crippen molar-refractivity contribution in [1.82, 2.24) is 5.32 Å².